The third-order valence-corrected chi connectivity index (χ3v) is 4.75. The van der Waals surface area contributed by atoms with Crippen molar-refractivity contribution < 1.29 is 23.9 Å². The van der Waals surface area contributed by atoms with Crippen LogP contribution in [-0.2, 0) is 14.3 Å². The van der Waals surface area contributed by atoms with Crippen LogP contribution in [0.4, 0.5) is 10.5 Å². The molecular formula is C20H16N2O5S. The fraction of sp³-hybridized carbons (Fsp3) is 0.100. The Kier molecular flexibility index (Phi) is 5.90. The first-order valence-corrected chi connectivity index (χ1v) is 9.08. The molecule has 142 valence electrons. The molecule has 3 amide bonds. The van der Waals surface area contributed by atoms with Crippen LogP contribution in [0.15, 0.2) is 59.5 Å². The summed E-state index contributed by atoms with van der Waals surface area (Å²) in [5.41, 5.74) is 1.43. The van der Waals surface area contributed by atoms with Crippen LogP contribution in [-0.4, -0.2) is 41.6 Å². The molecule has 0 radical (unpaired) electrons. The summed E-state index contributed by atoms with van der Waals surface area (Å²) in [4.78, 5) is 49.6. The SMILES string of the molecule is COC(=O)c1cccc(NC(=O)CN2C(=O)S/C(=C/c3ccccc3)C2=O)c1. The van der Waals surface area contributed by atoms with Gasteiger partial charge in [0.25, 0.3) is 11.1 Å². The van der Waals surface area contributed by atoms with Crippen molar-refractivity contribution in [1.82, 2.24) is 4.90 Å². The van der Waals surface area contributed by atoms with Gasteiger partial charge in [-0.15, -0.1) is 0 Å². The molecule has 0 spiro atoms. The van der Waals surface area contributed by atoms with Crippen LogP contribution in [0.5, 0.6) is 0 Å². The van der Waals surface area contributed by atoms with Crippen LogP contribution in [0.1, 0.15) is 15.9 Å². The van der Waals surface area contributed by atoms with Gasteiger partial charge < -0.3 is 10.1 Å². The van der Waals surface area contributed by atoms with Gasteiger partial charge >= 0.3 is 5.97 Å². The highest BCUT2D eigenvalue weighted by molar-refractivity contribution is 8.18. The minimum atomic E-state index is -0.551. The highest BCUT2D eigenvalue weighted by Gasteiger charge is 2.36. The van der Waals surface area contributed by atoms with E-state index in [4.69, 9.17) is 0 Å². The van der Waals surface area contributed by atoms with Gasteiger partial charge in [0.15, 0.2) is 0 Å². The molecule has 1 heterocycles. The van der Waals surface area contributed by atoms with Crippen molar-refractivity contribution in [3.05, 3.63) is 70.6 Å². The van der Waals surface area contributed by atoms with E-state index in [2.05, 4.69) is 10.1 Å². The van der Waals surface area contributed by atoms with Gasteiger partial charge in [0.2, 0.25) is 5.91 Å². The highest BCUT2D eigenvalue weighted by Crippen LogP contribution is 2.32. The summed E-state index contributed by atoms with van der Waals surface area (Å²) in [7, 11) is 1.26. The number of anilines is 1. The number of imide groups is 1. The van der Waals surface area contributed by atoms with Crippen LogP contribution in [0.25, 0.3) is 6.08 Å². The third kappa shape index (κ3) is 4.47. The van der Waals surface area contributed by atoms with Crippen LogP contribution in [0.3, 0.4) is 0 Å². The molecule has 1 saturated heterocycles. The van der Waals surface area contributed by atoms with Crippen molar-refractivity contribution in [2.45, 2.75) is 0 Å². The van der Waals surface area contributed by atoms with E-state index in [0.717, 1.165) is 22.2 Å². The maximum Gasteiger partial charge on any atom is 0.337 e. The Morgan fingerprint density at radius 3 is 2.57 bits per heavy atom. The zero-order valence-electron chi connectivity index (χ0n) is 14.9. The molecule has 28 heavy (non-hydrogen) atoms. The van der Waals surface area contributed by atoms with Crippen molar-refractivity contribution in [3.8, 4) is 0 Å². The van der Waals surface area contributed by atoms with Crippen molar-refractivity contribution in [2.24, 2.45) is 0 Å². The highest BCUT2D eigenvalue weighted by atomic mass is 32.2. The largest absolute Gasteiger partial charge is 0.465 e. The lowest BCUT2D eigenvalue weighted by atomic mass is 10.2. The van der Waals surface area contributed by atoms with Crippen molar-refractivity contribution in [3.63, 3.8) is 0 Å². The fourth-order valence-electron chi connectivity index (χ4n) is 2.52. The van der Waals surface area contributed by atoms with Crippen LogP contribution in [0, 0.1) is 0 Å². The summed E-state index contributed by atoms with van der Waals surface area (Å²) < 4.78 is 4.63. The quantitative estimate of drug-likeness (QED) is 0.617. The fourth-order valence-corrected chi connectivity index (χ4v) is 3.36. The smallest absolute Gasteiger partial charge is 0.337 e. The van der Waals surface area contributed by atoms with E-state index in [1.807, 2.05) is 30.3 Å². The topological polar surface area (TPSA) is 92.8 Å². The molecule has 2 aromatic carbocycles. The molecule has 2 aromatic rings. The number of rotatable bonds is 5. The molecule has 0 saturated carbocycles. The molecule has 1 fully saturated rings. The molecule has 7 nitrogen and oxygen atoms in total. The maximum atomic E-state index is 12.5. The van der Waals surface area contributed by atoms with Gasteiger partial charge in [-0.2, -0.15) is 0 Å². The summed E-state index contributed by atoms with van der Waals surface area (Å²) >= 11 is 0.792. The molecular weight excluding hydrogens is 380 g/mol. The minimum Gasteiger partial charge on any atom is -0.465 e. The molecule has 1 aliphatic rings. The molecule has 0 aromatic heterocycles. The van der Waals surface area contributed by atoms with Crippen molar-refractivity contribution in [1.29, 1.82) is 0 Å². The zero-order valence-corrected chi connectivity index (χ0v) is 15.7. The second kappa shape index (κ2) is 8.53. The van der Waals surface area contributed by atoms with Gasteiger partial charge in [-0.3, -0.25) is 19.3 Å². The summed E-state index contributed by atoms with van der Waals surface area (Å²) in [6, 6.07) is 15.3. The normalized spacial score (nSPS) is 15.0. The Balaban J connectivity index is 1.67. The van der Waals surface area contributed by atoms with Gasteiger partial charge in [-0.05, 0) is 41.6 Å². The number of hydrogen-bond acceptors (Lipinski definition) is 6. The first-order chi connectivity index (χ1) is 13.5. The summed E-state index contributed by atoms with van der Waals surface area (Å²) in [5.74, 6) is -1.60. The first-order valence-electron chi connectivity index (χ1n) is 8.26. The maximum absolute atomic E-state index is 12.5. The Morgan fingerprint density at radius 1 is 1.11 bits per heavy atom. The lowest BCUT2D eigenvalue weighted by Gasteiger charge is -2.12. The number of ether oxygens (including phenoxy) is 1. The number of methoxy groups -OCH3 is 1. The van der Waals surface area contributed by atoms with Gasteiger partial charge in [0.1, 0.15) is 6.54 Å². The van der Waals surface area contributed by atoms with Crippen LogP contribution >= 0.6 is 11.8 Å². The van der Waals surface area contributed by atoms with Crippen LogP contribution in [0.2, 0.25) is 0 Å². The Morgan fingerprint density at radius 2 is 1.86 bits per heavy atom. The van der Waals surface area contributed by atoms with Gasteiger partial charge in [-0.1, -0.05) is 36.4 Å². The van der Waals surface area contributed by atoms with E-state index in [-0.39, 0.29) is 10.5 Å². The summed E-state index contributed by atoms with van der Waals surface area (Å²) in [6.45, 7) is -0.417. The molecule has 3 rings (SSSR count). The number of nitrogens with one attached hydrogen (secondary N) is 1. The Hall–Kier alpha value is -3.39. The molecule has 0 unspecified atom stereocenters. The van der Waals surface area contributed by atoms with E-state index < -0.39 is 29.6 Å². The zero-order chi connectivity index (χ0) is 20.1. The first kappa shape index (κ1) is 19.4. The monoisotopic (exact) mass is 396 g/mol. The lowest BCUT2D eigenvalue weighted by Crippen LogP contribution is -2.36. The Labute approximate surface area is 165 Å². The third-order valence-electron chi connectivity index (χ3n) is 3.84. The molecule has 8 heteroatoms. The standard InChI is InChI=1S/C20H16N2O5S/c1-27-19(25)14-8-5-9-15(11-14)21-17(23)12-22-18(24)16(28-20(22)26)10-13-6-3-2-4-7-13/h2-11H,12H2,1H3,(H,21,23)/b16-10+. The Bertz CT molecular complexity index is 972. The number of carbonyl (C=O) groups excluding carboxylic acids is 4. The van der Waals surface area contributed by atoms with Crippen molar-refractivity contribution in [2.75, 3.05) is 19.0 Å². The van der Waals surface area contributed by atoms with Crippen molar-refractivity contribution >= 4 is 46.5 Å². The number of amides is 3. The molecule has 0 aliphatic carbocycles. The number of esters is 1. The average Bonchev–Trinajstić information content (AvgIpc) is 2.95. The van der Waals surface area contributed by atoms with Gasteiger partial charge in [0, 0.05) is 5.69 Å². The minimum absolute atomic E-state index is 0.261. The van der Waals surface area contributed by atoms with E-state index in [1.165, 1.54) is 13.2 Å². The second-order valence-corrected chi connectivity index (χ2v) is 6.79. The predicted molar refractivity (Wildman–Crippen MR) is 106 cm³/mol. The summed E-state index contributed by atoms with van der Waals surface area (Å²) in [5, 5.41) is 2.06. The molecule has 0 atom stereocenters. The number of benzene rings is 2. The lowest BCUT2D eigenvalue weighted by molar-refractivity contribution is -0.127. The average molecular weight is 396 g/mol. The van der Waals surface area contributed by atoms with Gasteiger partial charge in [-0.25, -0.2) is 4.79 Å². The molecule has 1 N–H and O–H groups in total. The number of carbonyl (C=O) groups is 4. The van der Waals surface area contributed by atoms with E-state index in [1.54, 1.807) is 24.3 Å². The van der Waals surface area contributed by atoms with E-state index >= 15 is 0 Å². The predicted octanol–water partition coefficient (Wildman–Crippen LogP) is 3.15. The van der Waals surface area contributed by atoms with E-state index in [0.29, 0.717) is 5.69 Å². The summed E-state index contributed by atoms with van der Waals surface area (Å²) in [6.07, 6.45) is 1.61. The van der Waals surface area contributed by atoms with Crippen LogP contribution < -0.4 is 5.32 Å². The number of hydrogen-bond donors (Lipinski definition) is 1. The molecule has 1 aliphatic heterocycles. The molecule has 0 bridgehead atoms. The van der Waals surface area contributed by atoms with Gasteiger partial charge in [0.05, 0.1) is 17.6 Å². The van der Waals surface area contributed by atoms with E-state index in [9.17, 15) is 19.2 Å². The number of thioether (sulfide) groups is 1. The second-order valence-electron chi connectivity index (χ2n) is 5.80. The number of nitrogens with zero attached hydrogens (tertiary/aromatic N) is 1.